The molecule has 0 bridgehead atoms. The van der Waals surface area contributed by atoms with Gasteiger partial charge in [0.2, 0.25) is 0 Å². The van der Waals surface area contributed by atoms with Gasteiger partial charge in [-0.1, -0.05) is 68.4 Å². The number of hydrogen-bond donors (Lipinski definition) is 0. The molecule has 0 atom stereocenters. The maximum atomic E-state index is 2.39. The van der Waals surface area contributed by atoms with E-state index in [-0.39, 0.29) is 5.41 Å². The minimum atomic E-state index is -0.00713. The van der Waals surface area contributed by atoms with Crippen LogP contribution in [0.25, 0.3) is 11.1 Å². The standard InChI is InChI=1S/C29H27N/c1-20-16-21(2)18-24(17-20)30(22-10-6-5-7-11-22)23-14-15-26-25-12-8-9-13-27(25)29(3,4)28(26)19-23/h5-19H,1-4H3. The van der Waals surface area contributed by atoms with Gasteiger partial charge in [-0.15, -0.1) is 0 Å². The molecule has 0 radical (unpaired) electrons. The summed E-state index contributed by atoms with van der Waals surface area (Å²) in [6.07, 6.45) is 0. The first-order chi connectivity index (χ1) is 14.4. The summed E-state index contributed by atoms with van der Waals surface area (Å²) in [5, 5.41) is 0. The fraction of sp³-hybridized carbons (Fsp3) is 0.172. The zero-order valence-electron chi connectivity index (χ0n) is 18.1. The van der Waals surface area contributed by atoms with Gasteiger partial charge < -0.3 is 4.90 Å². The summed E-state index contributed by atoms with van der Waals surface area (Å²) < 4.78 is 0. The summed E-state index contributed by atoms with van der Waals surface area (Å²) in [6.45, 7) is 9.01. The summed E-state index contributed by atoms with van der Waals surface area (Å²) in [5.41, 5.74) is 11.6. The van der Waals surface area contributed by atoms with Gasteiger partial charge in [0.15, 0.2) is 0 Å². The van der Waals surface area contributed by atoms with E-state index in [4.69, 9.17) is 0 Å². The van der Waals surface area contributed by atoms with Crippen molar-refractivity contribution in [1.29, 1.82) is 0 Å². The molecule has 0 unspecified atom stereocenters. The first kappa shape index (κ1) is 18.7. The largest absolute Gasteiger partial charge is 0.310 e. The quantitative estimate of drug-likeness (QED) is 0.342. The van der Waals surface area contributed by atoms with Crippen molar-refractivity contribution in [3.8, 4) is 11.1 Å². The molecular weight excluding hydrogens is 362 g/mol. The summed E-state index contributed by atoms with van der Waals surface area (Å²) >= 11 is 0. The topological polar surface area (TPSA) is 3.24 Å². The van der Waals surface area contributed by atoms with Crippen molar-refractivity contribution < 1.29 is 0 Å². The van der Waals surface area contributed by atoms with E-state index in [1.807, 2.05) is 0 Å². The van der Waals surface area contributed by atoms with Gasteiger partial charge in [0, 0.05) is 22.5 Å². The molecule has 1 aliphatic carbocycles. The van der Waals surface area contributed by atoms with Crippen molar-refractivity contribution in [2.45, 2.75) is 33.1 Å². The molecule has 0 aliphatic heterocycles. The lowest BCUT2D eigenvalue weighted by molar-refractivity contribution is 0.660. The number of fused-ring (bicyclic) bond motifs is 3. The number of benzene rings is 4. The highest BCUT2D eigenvalue weighted by molar-refractivity contribution is 5.85. The number of rotatable bonds is 3. The van der Waals surface area contributed by atoms with Crippen LogP contribution in [-0.4, -0.2) is 0 Å². The molecule has 0 spiro atoms. The predicted octanol–water partition coefficient (Wildman–Crippen LogP) is 8.08. The van der Waals surface area contributed by atoms with Crippen LogP contribution in [0.2, 0.25) is 0 Å². The molecule has 0 fully saturated rings. The normalized spacial score (nSPS) is 13.6. The van der Waals surface area contributed by atoms with Crippen molar-refractivity contribution >= 4 is 17.1 Å². The van der Waals surface area contributed by atoms with Crippen LogP contribution in [0.3, 0.4) is 0 Å². The monoisotopic (exact) mass is 389 g/mol. The molecule has 1 aliphatic rings. The molecule has 0 heterocycles. The minimum Gasteiger partial charge on any atom is -0.310 e. The minimum absolute atomic E-state index is 0.00713. The van der Waals surface area contributed by atoms with Crippen LogP contribution in [0.5, 0.6) is 0 Å². The second-order valence-electron chi connectivity index (χ2n) is 8.92. The predicted molar refractivity (Wildman–Crippen MR) is 128 cm³/mol. The van der Waals surface area contributed by atoms with Crippen LogP contribution in [0.1, 0.15) is 36.1 Å². The van der Waals surface area contributed by atoms with Crippen LogP contribution < -0.4 is 4.90 Å². The molecule has 0 saturated carbocycles. The van der Waals surface area contributed by atoms with E-state index in [9.17, 15) is 0 Å². The van der Waals surface area contributed by atoms with Crippen LogP contribution >= 0.6 is 0 Å². The van der Waals surface area contributed by atoms with E-state index in [2.05, 4.69) is 124 Å². The molecule has 0 saturated heterocycles. The number of aryl methyl sites for hydroxylation is 2. The van der Waals surface area contributed by atoms with Gasteiger partial charge in [0.05, 0.1) is 0 Å². The Balaban J connectivity index is 1.72. The summed E-state index contributed by atoms with van der Waals surface area (Å²) in [6, 6.07) is 33.2. The lowest BCUT2D eigenvalue weighted by Gasteiger charge is -2.28. The second-order valence-corrected chi connectivity index (χ2v) is 8.92. The Hall–Kier alpha value is -3.32. The highest BCUT2D eigenvalue weighted by Gasteiger charge is 2.35. The fourth-order valence-corrected chi connectivity index (χ4v) is 4.94. The Morgan fingerprint density at radius 3 is 1.90 bits per heavy atom. The smallest absolute Gasteiger partial charge is 0.0466 e. The van der Waals surface area contributed by atoms with Crippen molar-refractivity contribution in [2.75, 3.05) is 4.90 Å². The van der Waals surface area contributed by atoms with Crippen LogP contribution in [0.15, 0.2) is 91.0 Å². The number of anilines is 3. The van der Waals surface area contributed by atoms with E-state index in [1.165, 1.54) is 50.4 Å². The molecule has 0 N–H and O–H groups in total. The van der Waals surface area contributed by atoms with E-state index in [0.717, 1.165) is 0 Å². The second kappa shape index (κ2) is 6.88. The average molecular weight is 390 g/mol. The van der Waals surface area contributed by atoms with Crippen LogP contribution in [0, 0.1) is 13.8 Å². The SMILES string of the molecule is Cc1cc(C)cc(N(c2ccccc2)c2ccc3c(c2)C(C)(C)c2ccccc2-3)c1. The Morgan fingerprint density at radius 1 is 0.533 bits per heavy atom. The van der Waals surface area contributed by atoms with Gasteiger partial charge in [-0.25, -0.2) is 0 Å². The average Bonchev–Trinajstić information content (AvgIpc) is 2.96. The molecule has 1 nitrogen and oxygen atoms in total. The molecule has 0 amide bonds. The molecule has 0 aromatic heterocycles. The first-order valence-electron chi connectivity index (χ1n) is 10.6. The van der Waals surface area contributed by atoms with Gasteiger partial charge >= 0.3 is 0 Å². The maximum absolute atomic E-state index is 2.39. The maximum Gasteiger partial charge on any atom is 0.0466 e. The lowest BCUT2D eigenvalue weighted by atomic mass is 9.82. The van der Waals surface area contributed by atoms with E-state index < -0.39 is 0 Å². The summed E-state index contributed by atoms with van der Waals surface area (Å²) in [5.74, 6) is 0. The number of hydrogen-bond acceptors (Lipinski definition) is 1. The van der Waals surface area contributed by atoms with Gasteiger partial charge in [0.1, 0.15) is 0 Å². The molecule has 148 valence electrons. The molecule has 4 aromatic carbocycles. The molecule has 4 aromatic rings. The third-order valence-corrected chi connectivity index (χ3v) is 6.30. The first-order valence-corrected chi connectivity index (χ1v) is 10.6. The van der Waals surface area contributed by atoms with Gasteiger partial charge in [0.25, 0.3) is 0 Å². The Labute approximate surface area is 179 Å². The van der Waals surface area contributed by atoms with Crippen LogP contribution in [0.4, 0.5) is 17.1 Å². The third-order valence-electron chi connectivity index (χ3n) is 6.30. The molecule has 30 heavy (non-hydrogen) atoms. The van der Waals surface area contributed by atoms with E-state index in [1.54, 1.807) is 0 Å². The van der Waals surface area contributed by atoms with Crippen LogP contribution in [-0.2, 0) is 5.41 Å². The molecule has 5 rings (SSSR count). The van der Waals surface area contributed by atoms with Gasteiger partial charge in [-0.05, 0) is 83.6 Å². The highest BCUT2D eigenvalue weighted by Crippen LogP contribution is 2.50. The van der Waals surface area contributed by atoms with E-state index >= 15 is 0 Å². The Bertz CT molecular complexity index is 1210. The number of para-hydroxylation sites is 1. The van der Waals surface area contributed by atoms with Crippen molar-refractivity contribution in [1.82, 2.24) is 0 Å². The van der Waals surface area contributed by atoms with Crippen molar-refractivity contribution in [3.05, 3.63) is 113 Å². The van der Waals surface area contributed by atoms with E-state index in [0.29, 0.717) is 0 Å². The highest BCUT2D eigenvalue weighted by atomic mass is 15.1. The fourth-order valence-electron chi connectivity index (χ4n) is 4.94. The zero-order chi connectivity index (χ0) is 20.9. The summed E-state index contributed by atoms with van der Waals surface area (Å²) in [4.78, 5) is 2.37. The van der Waals surface area contributed by atoms with Crippen molar-refractivity contribution in [2.24, 2.45) is 0 Å². The van der Waals surface area contributed by atoms with Gasteiger partial charge in [-0.2, -0.15) is 0 Å². The molecular formula is C29H27N. The van der Waals surface area contributed by atoms with Crippen molar-refractivity contribution in [3.63, 3.8) is 0 Å². The third kappa shape index (κ3) is 2.93. The van der Waals surface area contributed by atoms with Gasteiger partial charge in [-0.3, -0.25) is 0 Å². The number of nitrogens with zero attached hydrogens (tertiary/aromatic N) is 1. The Morgan fingerprint density at radius 2 is 1.17 bits per heavy atom. The summed E-state index contributed by atoms with van der Waals surface area (Å²) in [7, 11) is 0. The zero-order valence-corrected chi connectivity index (χ0v) is 18.1. The Kier molecular flexibility index (Phi) is 4.29. The lowest BCUT2D eigenvalue weighted by Crippen LogP contribution is -2.16. The molecule has 1 heteroatoms.